The molecule has 0 aliphatic heterocycles. The molecule has 0 radical (unpaired) electrons. The molecule has 1 heterocycles. The van der Waals surface area contributed by atoms with E-state index in [1.165, 1.54) is 0 Å². The quantitative estimate of drug-likeness (QED) is 0.574. The van der Waals surface area contributed by atoms with Gasteiger partial charge in [0, 0.05) is 10.6 Å². The summed E-state index contributed by atoms with van der Waals surface area (Å²) in [6.07, 6.45) is 0. The zero-order valence-electron chi connectivity index (χ0n) is 11.4. The number of hydrogen-bond donors (Lipinski definition) is 1. The van der Waals surface area contributed by atoms with Gasteiger partial charge in [0.15, 0.2) is 0 Å². The van der Waals surface area contributed by atoms with E-state index in [9.17, 15) is 0 Å². The van der Waals surface area contributed by atoms with Crippen LogP contribution in [0.4, 0.5) is 5.82 Å². The maximum atomic E-state index is 9.04. The molecule has 3 aromatic rings. The van der Waals surface area contributed by atoms with Crippen LogP contribution in [0.1, 0.15) is 0 Å². The summed E-state index contributed by atoms with van der Waals surface area (Å²) in [4.78, 5) is 0.647. The number of para-hydroxylation sites is 1. The molecule has 2 aromatic carbocycles. The zero-order valence-corrected chi connectivity index (χ0v) is 13.0. The van der Waals surface area contributed by atoms with Crippen molar-refractivity contribution in [1.29, 1.82) is 5.26 Å². The fraction of sp³-hybridized carbons (Fsp3) is 0. The van der Waals surface area contributed by atoms with Crippen molar-refractivity contribution in [3.8, 4) is 22.3 Å². The predicted octanol–water partition coefficient (Wildman–Crippen LogP) is 4.35. The van der Waals surface area contributed by atoms with E-state index in [0.717, 1.165) is 23.0 Å². The standard InChI is InChI=1S/C16H11ClN4S/c17-12-8-6-11(7-9-12)14-15(22-10-18)16(19)21(20-14)13-4-2-1-3-5-13/h1-9H,19H2. The second kappa shape index (κ2) is 6.14. The van der Waals surface area contributed by atoms with Gasteiger partial charge in [-0.1, -0.05) is 41.9 Å². The van der Waals surface area contributed by atoms with Crippen molar-refractivity contribution < 1.29 is 0 Å². The van der Waals surface area contributed by atoms with Crippen molar-refractivity contribution in [3.63, 3.8) is 0 Å². The monoisotopic (exact) mass is 326 g/mol. The molecule has 0 bridgehead atoms. The first-order valence-electron chi connectivity index (χ1n) is 6.46. The van der Waals surface area contributed by atoms with Crippen LogP contribution in [-0.4, -0.2) is 9.78 Å². The highest BCUT2D eigenvalue weighted by Crippen LogP contribution is 2.36. The van der Waals surface area contributed by atoms with E-state index in [2.05, 4.69) is 10.5 Å². The van der Waals surface area contributed by atoms with E-state index >= 15 is 0 Å². The molecule has 22 heavy (non-hydrogen) atoms. The molecule has 0 unspecified atom stereocenters. The number of nitrogen functional groups attached to an aromatic ring is 1. The predicted molar refractivity (Wildman–Crippen MR) is 89.9 cm³/mol. The van der Waals surface area contributed by atoms with Gasteiger partial charge in [0.1, 0.15) is 16.9 Å². The Morgan fingerprint density at radius 3 is 2.41 bits per heavy atom. The van der Waals surface area contributed by atoms with Gasteiger partial charge in [-0.2, -0.15) is 10.4 Å². The minimum Gasteiger partial charge on any atom is -0.383 e. The van der Waals surface area contributed by atoms with Crippen LogP contribution in [0, 0.1) is 10.7 Å². The second-order valence-electron chi connectivity index (χ2n) is 4.51. The third-order valence-electron chi connectivity index (χ3n) is 3.14. The summed E-state index contributed by atoms with van der Waals surface area (Å²) < 4.78 is 1.64. The van der Waals surface area contributed by atoms with Crippen molar-refractivity contribution >= 4 is 29.2 Å². The summed E-state index contributed by atoms with van der Waals surface area (Å²) in [5.74, 6) is 0.447. The summed E-state index contributed by atoms with van der Waals surface area (Å²) in [5.41, 5.74) is 8.57. The third-order valence-corrected chi connectivity index (χ3v) is 4.09. The molecule has 2 N–H and O–H groups in total. The summed E-state index contributed by atoms with van der Waals surface area (Å²) >= 11 is 6.93. The lowest BCUT2D eigenvalue weighted by Gasteiger charge is -2.02. The number of aromatic nitrogens is 2. The van der Waals surface area contributed by atoms with Crippen LogP contribution in [0.5, 0.6) is 0 Å². The Morgan fingerprint density at radius 2 is 1.77 bits per heavy atom. The maximum Gasteiger partial charge on any atom is 0.142 e. The van der Waals surface area contributed by atoms with Crippen LogP contribution < -0.4 is 5.73 Å². The van der Waals surface area contributed by atoms with Gasteiger partial charge in [-0.3, -0.25) is 0 Å². The van der Waals surface area contributed by atoms with Gasteiger partial charge in [-0.25, -0.2) is 4.68 Å². The lowest BCUT2D eigenvalue weighted by Crippen LogP contribution is -2.01. The largest absolute Gasteiger partial charge is 0.383 e. The molecular formula is C16H11ClN4S. The molecule has 108 valence electrons. The van der Waals surface area contributed by atoms with Crippen LogP contribution in [0.2, 0.25) is 5.02 Å². The average Bonchev–Trinajstić information content (AvgIpc) is 2.87. The van der Waals surface area contributed by atoms with Gasteiger partial charge in [-0.15, -0.1) is 0 Å². The molecule has 0 fully saturated rings. The first kappa shape index (κ1) is 14.5. The van der Waals surface area contributed by atoms with Crippen LogP contribution in [0.3, 0.4) is 0 Å². The molecule has 3 rings (SSSR count). The minimum atomic E-state index is 0.447. The molecule has 0 amide bonds. The Labute approximate surface area is 137 Å². The highest BCUT2D eigenvalue weighted by Gasteiger charge is 2.18. The summed E-state index contributed by atoms with van der Waals surface area (Å²) in [6.45, 7) is 0. The highest BCUT2D eigenvalue weighted by atomic mass is 35.5. The number of benzene rings is 2. The Morgan fingerprint density at radius 1 is 1.09 bits per heavy atom. The number of nitriles is 1. The van der Waals surface area contributed by atoms with Crippen molar-refractivity contribution in [2.75, 3.05) is 5.73 Å². The molecule has 0 aliphatic rings. The molecule has 1 aromatic heterocycles. The Hall–Kier alpha value is -2.42. The van der Waals surface area contributed by atoms with Gasteiger partial charge in [0.25, 0.3) is 0 Å². The van der Waals surface area contributed by atoms with E-state index in [-0.39, 0.29) is 0 Å². The van der Waals surface area contributed by atoms with Gasteiger partial charge in [0.05, 0.1) is 10.6 Å². The number of anilines is 1. The van der Waals surface area contributed by atoms with E-state index in [1.807, 2.05) is 42.5 Å². The van der Waals surface area contributed by atoms with E-state index < -0.39 is 0 Å². The van der Waals surface area contributed by atoms with Crippen LogP contribution in [0.25, 0.3) is 16.9 Å². The minimum absolute atomic E-state index is 0.447. The first-order valence-corrected chi connectivity index (χ1v) is 7.66. The van der Waals surface area contributed by atoms with Crippen LogP contribution in [0.15, 0.2) is 59.5 Å². The number of nitrogens with zero attached hydrogens (tertiary/aromatic N) is 3. The fourth-order valence-corrected chi connectivity index (χ4v) is 2.79. The molecule has 0 atom stereocenters. The fourth-order valence-electron chi connectivity index (χ4n) is 2.13. The van der Waals surface area contributed by atoms with Crippen molar-refractivity contribution in [2.24, 2.45) is 0 Å². The van der Waals surface area contributed by atoms with Crippen molar-refractivity contribution in [1.82, 2.24) is 9.78 Å². The molecule has 0 saturated heterocycles. The second-order valence-corrected chi connectivity index (χ2v) is 5.74. The number of nitrogens with two attached hydrogens (primary N) is 1. The Balaban J connectivity index is 2.18. The highest BCUT2D eigenvalue weighted by molar-refractivity contribution is 8.04. The molecule has 0 saturated carbocycles. The van der Waals surface area contributed by atoms with E-state index in [1.54, 1.807) is 16.8 Å². The third kappa shape index (κ3) is 2.67. The summed E-state index contributed by atoms with van der Waals surface area (Å²) in [5, 5.41) is 16.3. The average molecular weight is 327 g/mol. The maximum absolute atomic E-state index is 9.04. The number of hydrogen-bond acceptors (Lipinski definition) is 4. The normalized spacial score (nSPS) is 10.4. The number of halogens is 1. The van der Waals surface area contributed by atoms with Gasteiger partial charge >= 0.3 is 0 Å². The molecular weight excluding hydrogens is 316 g/mol. The van der Waals surface area contributed by atoms with E-state index in [4.69, 9.17) is 22.6 Å². The number of rotatable bonds is 3. The Kier molecular flexibility index (Phi) is 4.05. The lowest BCUT2D eigenvalue weighted by molar-refractivity contribution is 0.895. The lowest BCUT2D eigenvalue weighted by atomic mass is 10.1. The number of thioether (sulfide) groups is 1. The van der Waals surface area contributed by atoms with Gasteiger partial charge in [-0.05, 0) is 36.0 Å². The molecule has 0 aliphatic carbocycles. The zero-order chi connectivity index (χ0) is 15.5. The molecule has 0 spiro atoms. The molecule has 6 heteroatoms. The van der Waals surface area contributed by atoms with Gasteiger partial charge in [0.2, 0.25) is 0 Å². The smallest absolute Gasteiger partial charge is 0.142 e. The summed E-state index contributed by atoms with van der Waals surface area (Å²) in [7, 11) is 0. The number of thiocyanates is 1. The van der Waals surface area contributed by atoms with Crippen LogP contribution in [-0.2, 0) is 0 Å². The molecule has 4 nitrogen and oxygen atoms in total. The van der Waals surface area contributed by atoms with Crippen molar-refractivity contribution in [3.05, 3.63) is 59.6 Å². The first-order chi connectivity index (χ1) is 10.7. The van der Waals surface area contributed by atoms with E-state index in [0.29, 0.717) is 21.4 Å². The SMILES string of the molecule is N#CSc1c(-c2ccc(Cl)cc2)nn(-c2ccccc2)c1N. The van der Waals surface area contributed by atoms with Crippen LogP contribution >= 0.6 is 23.4 Å². The Bertz CT molecular complexity index is 835. The van der Waals surface area contributed by atoms with Crippen molar-refractivity contribution in [2.45, 2.75) is 4.90 Å². The summed E-state index contributed by atoms with van der Waals surface area (Å²) in [6, 6.07) is 16.9. The van der Waals surface area contributed by atoms with Gasteiger partial charge < -0.3 is 5.73 Å². The topological polar surface area (TPSA) is 67.6 Å².